The molecule has 0 radical (unpaired) electrons. The number of fused-ring (bicyclic) bond motifs is 1. The molecule has 1 aromatic carbocycles. The van der Waals surface area contributed by atoms with Crippen LogP contribution in [0.1, 0.15) is 43.1 Å². The second kappa shape index (κ2) is 8.69. The second-order valence-electron chi connectivity index (χ2n) is 8.22. The summed E-state index contributed by atoms with van der Waals surface area (Å²) in [4.78, 5) is 16.0. The van der Waals surface area contributed by atoms with Gasteiger partial charge in [0.2, 0.25) is 15.9 Å². The maximum absolute atomic E-state index is 14.1. The van der Waals surface area contributed by atoms with Crippen LogP contribution in [-0.4, -0.2) is 31.3 Å². The van der Waals surface area contributed by atoms with Gasteiger partial charge in [0, 0.05) is 18.5 Å². The van der Waals surface area contributed by atoms with Crippen LogP contribution in [0.2, 0.25) is 0 Å². The Morgan fingerprint density at radius 2 is 1.94 bits per heavy atom. The third-order valence-corrected chi connectivity index (χ3v) is 5.30. The number of anilines is 1. The van der Waals surface area contributed by atoms with E-state index in [9.17, 15) is 30.8 Å². The first-order valence-corrected chi connectivity index (χ1v) is 11.6. The van der Waals surface area contributed by atoms with E-state index in [-0.39, 0.29) is 24.5 Å². The first kappa shape index (κ1) is 24.6. The molecule has 3 N–H and O–H groups in total. The molecule has 1 aromatic heterocycles. The minimum atomic E-state index is -4.64. The van der Waals surface area contributed by atoms with E-state index in [1.807, 2.05) is 4.72 Å². The number of sulfonamides is 1. The van der Waals surface area contributed by atoms with Crippen molar-refractivity contribution >= 4 is 21.7 Å². The van der Waals surface area contributed by atoms with Gasteiger partial charge in [0.25, 0.3) is 0 Å². The highest BCUT2D eigenvalue weighted by atomic mass is 32.2. The Morgan fingerprint density at radius 3 is 2.55 bits per heavy atom. The molecule has 0 aliphatic carbocycles. The standard InChI is InChI=1S/C20H22F4N4O4S/c1-19(2)9-15(12-5-7-16(20(22,23)24)27-17(12)32-19)26-18(29)25-10-11-4-6-14(13(21)8-11)28-33(3,30)31/h4-8,15,28H,9-10H2,1-3H3,(H2,25,26,29)/t15-/m1/s1. The van der Waals surface area contributed by atoms with Gasteiger partial charge in [-0.2, -0.15) is 13.2 Å². The lowest BCUT2D eigenvalue weighted by Crippen LogP contribution is -2.44. The molecule has 0 spiro atoms. The highest BCUT2D eigenvalue weighted by Crippen LogP contribution is 2.40. The summed E-state index contributed by atoms with van der Waals surface area (Å²) in [6, 6.07) is 4.47. The summed E-state index contributed by atoms with van der Waals surface area (Å²) in [5.41, 5.74) is -1.53. The number of nitrogens with one attached hydrogen (secondary N) is 3. The molecule has 1 aliphatic heterocycles. The number of hydrogen-bond donors (Lipinski definition) is 3. The number of carbonyl (C=O) groups excluding carboxylic acids is 1. The number of urea groups is 1. The molecule has 0 fully saturated rings. The van der Waals surface area contributed by atoms with E-state index in [0.717, 1.165) is 18.4 Å². The van der Waals surface area contributed by atoms with Crippen molar-refractivity contribution in [3.63, 3.8) is 0 Å². The largest absolute Gasteiger partial charge is 0.471 e. The van der Waals surface area contributed by atoms with Gasteiger partial charge >= 0.3 is 12.2 Å². The van der Waals surface area contributed by atoms with E-state index in [1.165, 1.54) is 18.2 Å². The van der Waals surface area contributed by atoms with Gasteiger partial charge < -0.3 is 15.4 Å². The molecule has 2 aromatic rings. The Hall–Kier alpha value is -3.09. The predicted octanol–water partition coefficient (Wildman–Crippen LogP) is 3.71. The molecule has 1 aliphatic rings. The fourth-order valence-electron chi connectivity index (χ4n) is 3.33. The van der Waals surface area contributed by atoms with Gasteiger partial charge in [-0.05, 0) is 43.7 Å². The van der Waals surface area contributed by atoms with Crippen molar-refractivity contribution < 1.29 is 35.5 Å². The monoisotopic (exact) mass is 490 g/mol. The van der Waals surface area contributed by atoms with Crippen molar-refractivity contribution in [2.24, 2.45) is 0 Å². The van der Waals surface area contributed by atoms with Crippen LogP contribution in [0.15, 0.2) is 30.3 Å². The van der Waals surface area contributed by atoms with Crippen molar-refractivity contribution in [1.82, 2.24) is 15.6 Å². The minimum absolute atomic E-state index is 0.0767. The third kappa shape index (κ3) is 6.46. The van der Waals surface area contributed by atoms with Crippen LogP contribution in [0.4, 0.5) is 28.0 Å². The van der Waals surface area contributed by atoms with E-state index in [2.05, 4.69) is 15.6 Å². The molecule has 1 atom stereocenters. The van der Waals surface area contributed by atoms with Crippen molar-refractivity contribution in [3.8, 4) is 5.88 Å². The Morgan fingerprint density at radius 1 is 1.24 bits per heavy atom. The van der Waals surface area contributed by atoms with Gasteiger partial charge in [-0.25, -0.2) is 22.6 Å². The first-order valence-electron chi connectivity index (χ1n) is 9.71. The Balaban J connectivity index is 1.69. The summed E-state index contributed by atoms with van der Waals surface area (Å²) in [7, 11) is -3.65. The summed E-state index contributed by atoms with van der Waals surface area (Å²) in [6.45, 7) is 3.26. The number of aromatic nitrogens is 1. The van der Waals surface area contributed by atoms with Crippen LogP contribution >= 0.6 is 0 Å². The quantitative estimate of drug-likeness (QED) is 0.554. The molecule has 2 amide bonds. The Labute approximate surface area is 187 Å². The molecule has 180 valence electrons. The number of ether oxygens (including phenoxy) is 1. The minimum Gasteiger partial charge on any atom is -0.471 e. The normalized spacial score (nSPS) is 17.5. The number of amides is 2. The Kier molecular flexibility index (Phi) is 6.46. The molecular formula is C20H22F4N4O4S. The maximum atomic E-state index is 14.1. The van der Waals surface area contributed by atoms with Crippen molar-refractivity contribution in [2.75, 3.05) is 11.0 Å². The number of benzene rings is 1. The lowest BCUT2D eigenvalue weighted by molar-refractivity contribution is -0.141. The van der Waals surface area contributed by atoms with E-state index < -0.39 is 45.4 Å². The average molecular weight is 490 g/mol. The first-order chi connectivity index (χ1) is 15.1. The molecular weight excluding hydrogens is 468 g/mol. The summed E-state index contributed by atoms with van der Waals surface area (Å²) in [5, 5.41) is 5.22. The lowest BCUT2D eigenvalue weighted by atomic mass is 9.91. The van der Waals surface area contributed by atoms with E-state index in [1.54, 1.807) is 13.8 Å². The van der Waals surface area contributed by atoms with Gasteiger partial charge in [0.15, 0.2) is 0 Å². The highest BCUT2D eigenvalue weighted by Gasteiger charge is 2.39. The third-order valence-electron chi connectivity index (χ3n) is 4.71. The van der Waals surface area contributed by atoms with Crippen LogP contribution in [-0.2, 0) is 22.7 Å². The molecule has 33 heavy (non-hydrogen) atoms. The van der Waals surface area contributed by atoms with Crippen LogP contribution in [0.5, 0.6) is 5.88 Å². The number of pyridine rings is 1. The summed E-state index contributed by atoms with van der Waals surface area (Å²) < 4.78 is 83.2. The number of carbonyl (C=O) groups is 1. The highest BCUT2D eigenvalue weighted by molar-refractivity contribution is 7.92. The molecule has 0 bridgehead atoms. The summed E-state index contributed by atoms with van der Waals surface area (Å²) in [6.07, 6.45) is -3.47. The molecule has 0 saturated heterocycles. The van der Waals surface area contributed by atoms with Gasteiger partial charge in [-0.3, -0.25) is 4.72 Å². The number of rotatable bonds is 5. The van der Waals surface area contributed by atoms with Crippen LogP contribution < -0.4 is 20.1 Å². The zero-order valence-electron chi connectivity index (χ0n) is 17.9. The number of halogens is 4. The van der Waals surface area contributed by atoms with Gasteiger partial charge in [0.05, 0.1) is 18.0 Å². The van der Waals surface area contributed by atoms with Gasteiger partial charge in [0.1, 0.15) is 17.1 Å². The van der Waals surface area contributed by atoms with Crippen molar-refractivity contribution in [1.29, 1.82) is 0 Å². The lowest BCUT2D eigenvalue weighted by Gasteiger charge is -2.37. The number of hydrogen-bond acceptors (Lipinski definition) is 5. The van der Waals surface area contributed by atoms with Crippen LogP contribution in [0, 0.1) is 5.82 Å². The van der Waals surface area contributed by atoms with E-state index >= 15 is 0 Å². The predicted molar refractivity (Wildman–Crippen MR) is 112 cm³/mol. The summed E-state index contributed by atoms with van der Waals surface area (Å²) >= 11 is 0. The van der Waals surface area contributed by atoms with E-state index in [0.29, 0.717) is 11.1 Å². The van der Waals surface area contributed by atoms with Crippen molar-refractivity contribution in [3.05, 3.63) is 53.0 Å². The van der Waals surface area contributed by atoms with Gasteiger partial charge in [-0.1, -0.05) is 6.07 Å². The second-order valence-corrected chi connectivity index (χ2v) is 9.97. The fourth-order valence-corrected chi connectivity index (χ4v) is 3.90. The van der Waals surface area contributed by atoms with Crippen LogP contribution in [0.3, 0.4) is 0 Å². The SMILES string of the molecule is CC1(C)C[C@@H](NC(=O)NCc2ccc(NS(C)(=O)=O)c(F)c2)c2ccc(C(F)(F)F)nc2O1. The van der Waals surface area contributed by atoms with Crippen LogP contribution in [0.25, 0.3) is 0 Å². The topological polar surface area (TPSA) is 109 Å². The zero-order valence-corrected chi connectivity index (χ0v) is 18.7. The maximum Gasteiger partial charge on any atom is 0.433 e. The smallest absolute Gasteiger partial charge is 0.433 e. The molecule has 0 unspecified atom stereocenters. The zero-order chi connectivity index (χ0) is 24.6. The van der Waals surface area contributed by atoms with Gasteiger partial charge in [-0.15, -0.1) is 0 Å². The number of alkyl halides is 3. The summed E-state index contributed by atoms with van der Waals surface area (Å²) in [5.74, 6) is -1.02. The molecule has 0 saturated carbocycles. The fraction of sp³-hybridized carbons (Fsp3) is 0.400. The average Bonchev–Trinajstić information content (AvgIpc) is 2.65. The van der Waals surface area contributed by atoms with Crippen molar-refractivity contribution in [2.45, 2.75) is 44.6 Å². The molecule has 13 heteroatoms. The molecule has 2 heterocycles. The molecule has 3 rings (SSSR count). The number of nitrogens with zero attached hydrogens (tertiary/aromatic N) is 1. The Bertz CT molecular complexity index is 1170. The molecule has 8 nitrogen and oxygen atoms in total. The van der Waals surface area contributed by atoms with E-state index in [4.69, 9.17) is 4.74 Å².